The van der Waals surface area contributed by atoms with E-state index in [1.54, 1.807) is 0 Å². The van der Waals surface area contributed by atoms with Crippen molar-refractivity contribution >= 4 is 14.9 Å². The van der Waals surface area contributed by atoms with Crippen LogP contribution in [0.1, 0.15) is 58.4 Å². The van der Waals surface area contributed by atoms with E-state index in [0.29, 0.717) is 4.91 Å². The lowest BCUT2D eigenvalue weighted by atomic mass is 9.95. The van der Waals surface area contributed by atoms with Gasteiger partial charge in [-0.3, -0.25) is 0 Å². The fourth-order valence-corrected chi connectivity index (χ4v) is 4.57. The summed E-state index contributed by atoms with van der Waals surface area (Å²) in [6, 6.07) is 9.45. The van der Waals surface area contributed by atoms with Crippen molar-refractivity contribution in [3.05, 3.63) is 42.0 Å². The van der Waals surface area contributed by atoms with Crippen molar-refractivity contribution in [2.45, 2.75) is 58.9 Å². The van der Waals surface area contributed by atoms with E-state index in [1.807, 2.05) is 57.2 Å². The Kier molecular flexibility index (Phi) is 5.45. The zero-order valence-electron chi connectivity index (χ0n) is 13.8. The minimum Gasteiger partial charge on any atom is -0.208 e. The van der Waals surface area contributed by atoms with E-state index in [9.17, 15) is 8.42 Å². The Morgan fingerprint density at radius 1 is 1.09 bits per heavy atom. The lowest BCUT2D eigenvalue weighted by Gasteiger charge is -2.24. The quantitative estimate of drug-likeness (QED) is 0.897. The van der Waals surface area contributed by atoms with Crippen LogP contribution in [0.15, 0.2) is 36.4 Å². The molecule has 1 fully saturated rings. The maximum atomic E-state index is 12.9. The first-order valence-corrected chi connectivity index (χ1v) is 9.57. The second kappa shape index (κ2) is 6.97. The van der Waals surface area contributed by atoms with Gasteiger partial charge in [0.2, 0.25) is 10.0 Å². The molecule has 0 bridgehead atoms. The highest BCUT2D eigenvalue weighted by Crippen LogP contribution is 2.29. The third-order valence-corrected chi connectivity index (χ3v) is 5.42. The molecule has 0 aromatic heterocycles. The Bertz CT molecular complexity index is 606. The minimum absolute atomic E-state index is 0.0748. The highest BCUT2D eigenvalue weighted by molar-refractivity contribution is 7.98. The molecule has 22 heavy (non-hydrogen) atoms. The first-order chi connectivity index (χ1) is 10.3. The van der Waals surface area contributed by atoms with Crippen molar-refractivity contribution in [3.63, 3.8) is 0 Å². The number of nitrogens with one attached hydrogen (secondary N) is 1. The molecule has 4 heteroatoms. The maximum Gasteiger partial charge on any atom is 0.241 e. The van der Waals surface area contributed by atoms with Crippen LogP contribution in [-0.4, -0.2) is 14.5 Å². The molecule has 1 saturated carbocycles. The van der Waals surface area contributed by atoms with Crippen molar-refractivity contribution < 1.29 is 8.42 Å². The van der Waals surface area contributed by atoms with Crippen molar-refractivity contribution in [2.75, 3.05) is 0 Å². The van der Waals surface area contributed by atoms with Crippen LogP contribution in [0.4, 0.5) is 0 Å². The summed E-state index contributed by atoms with van der Waals surface area (Å²) in [6.07, 6.45) is 7.16. The van der Waals surface area contributed by atoms with E-state index in [-0.39, 0.29) is 11.5 Å². The maximum absolute atomic E-state index is 12.9. The summed E-state index contributed by atoms with van der Waals surface area (Å²) in [5.74, 6) is 0. The van der Waals surface area contributed by atoms with Gasteiger partial charge in [0.15, 0.2) is 0 Å². The summed E-state index contributed by atoms with van der Waals surface area (Å²) in [7, 11) is -3.50. The molecule has 1 aliphatic rings. The lowest BCUT2D eigenvalue weighted by molar-refractivity contribution is 0.413. The third-order valence-electron chi connectivity index (χ3n) is 3.84. The second-order valence-corrected chi connectivity index (χ2v) is 8.88. The molecule has 1 aromatic rings. The molecule has 0 saturated heterocycles. The predicted molar refractivity (Wildman–Crippen MR) is 92.8 cm³/mol. The van der Waals surface area contributed by atoms with Gasteiger partial charge in [0, 0.05) is 6.04 Å². The molecule has 1 N–H and O–H groups in total. The molecule has 3 nitrogen and oxygen atoms in total. The van der Waals surface area contributed by atoms with Crippen molar-refractivity contribution in [3.8, 4) is 0 Å². The normalized spacial score (nSPS) is 18.4. The Balaban J connectivity index is 2.33. The van der Waals surface area contributed by atoms with Crippen LogP contribution in [0.3, 0.4) is 0 Å². The Labute approximate surface area is 134 Å². The summed E-state index contributed by atoms with van der Waals surface area (Å²) >= 11 is 0. The molecule has 1 aliphatic carbocycles. The summed E-state index contributed by atoms with van der Waals surface area (Å²) < 4.78 is 28.7. The summed E-state index contributed by atoms with van der Waals surface area (Å²) in [5.41, 5.74) is 0.549. The number of sulfonamides is 1. The number of hydrogen-bond acceptors (Lipinski definition) is 2. The van der Waals surface area contributed by atoms with Crippen LogP contribution in [0, 0.1) is 5.41 Å². The van der Waals surface area contributed by atoms with Crippen LogP contribution in [-0.2, 0) is 10.0 Å². The highest BCUT2D eigenvalue weighted by Gasteiger charge is 2.26. The summed E-state index contributed by atoms with van der Waals surface area (Å²) in [4.78, 5) is 0.395. The minimum atomic E-state index is -3.50. The molecule has 0 spiro atoms. The summed E-state index contributed by atoms with van der Waals surface area (Å²) in [5, 5.41) is 0. The fourth-order valence-electron chi connectivity index (χ4n) is 2.82. The van der Waals surface area contributed by atoms with Crippen LogP contribution in [0.25, 0.3) is 4.91 Å². The van der Waals surface area contributed by atoms with Crippen LogP contribution >= 0.6 is 0 Å². The summed E-state index contributed by atoms with van der Waals surface area (Å²) in [6.45, 7) is 6.06. The van der Waals surface area contributed by atoms with Crippen LogP contribution in [0.2, 0.25) is 0 Å². The fraction of sp³-hybridized carbons (Fsp3) is 0.556. The Morgan fingerprint density at radius 3 is 2.23 bits per heavy atom. The van der Waals surface area contributed by atoms with Gasteiger partial charge in [-0.25, -0.2) is 13.1 Å². The monoisotopic (exact) mass is 321 g/mol. The molecule has 2 rings (SSSR count). The largest absolute Gasteiger partial charge is 0.241 e. The van der Waals surface area contributed by atoms with Gasteiger partial charge >= 0.3 is 0 Å². The average molecular weight is 321 g/mol. The van der Waals surface area contributed by atoms with E-state index in [0.717, 1.165) is 31.2 Å². The Hall–Kier alpha value is -1.13. The van der Waals surface area contributed by atoms with Gasteiger partial charge in [0.1, 0.15) is 0 Å². The lowest BCUT2D eigenvalue weighted by Crippen LogP contribution is -2.36. The molecule has 1 aromatic carbocycles. The van der Waals surface area contributed by atoms with Gasteiger partial charge in [0.05, 0.1) is 4.91 Å². The number of benzene rings is 1. The molecule has 0 heterocycles. The molecular weight excluding hydrogens is 294 g/mol. The average Bonchev–Trinajstić information content (AvgIpc) is 2.45. The van der Waals surface area contributed by atoms with Crippen LogP contribution < -0.4 is 4.72 Å². The van der Waals surface area contributed by atoms with E-state index in [1.165, 1.54) is 6.42 Å². The second-order valence-electron chi connectivity index (χ2n) is 7.20. The van der Waals surface area contributed by atoms with Crippen molar-refractivity contribution in [2.24, 2.45) is 5.41 Å². The molecular formula is C18H27NO2S. The van der Waals surface area contributed by atoms with Gasteiger partial charge in [-0.1, -0.05) is 76.4 Å². The van der Waals surface area contributed by atoms with E-state index in [2.05, 4.69) is 4.72 Å². The van der Waals surface area contributed by atoms with Gasteiger partial charge in [-0.05, 0) is 23.8 Å². The van der Waals surface area contributed by atoms with Gasteiger partial charge in [-0.2, -0.15) is 0 Å². The molecule has 0 radical (unpaired) electrons. The van der Waals surface area contributed by atoms with Crippen LogP contribution in [0.5, 0.6) is 0 Å². The standard InChI is InChI=1S/C18H27NO2S/c1-18(2,3)14-17(15-10-6-4-7-11-15)22(20,21)19-16-12-8-5-9-13-16/h4,6-7,10-11,14,16,19H,5,8-9,12-13H2,1-3H3/b17-14+. The molecule has 0 aliphatic heterocycles. The molecule has 122 valence electrons. The van der Waals surface area contributed by atoms with Gasteiger partial charge in [-0.15, -0.1) is 0 Å². The number of rotatable bonds is 4. The highest BCUT2D eigenvalue weighted by atomic mass is 32.2. The number of hydrogen-bond donors (Lipinski definition) is 1. The zero-order chi connectivity index (χ0) is 16.2. The van der Waals surface area contributed by atoms with E-state index >= 15 is 0 Å². The first kappa shape index (κ1) is 17.2. The van der Waals surface area contributed by atoms with Crippen molar-refractivity contribution in [1.29, 1.82) is 0 Å². The smallest absolute Gasteiger partial charge is 0.208 e. The Morgan fingerprint density at radius 2 is 1.68 bits per heavy atom. The number of allylic oxidation sites excluding steroid dienone is 1. The zero-order valence-corrected chi connectivity index (χ0v) is 14.6. The molecule has 0 amide bonds. The van der Waals surface area contributed by atoms with E-state index < -0.39 is 10.0 Å². The van der Waals surface area contributed by atoms with Crippen molar-refractivity contribution in [1.82, 2.24) is 4.72 Å². The van der Waals surface area contributed by atoms with Gasteiger partial charge < -0.3 is 0 Å². The predicted octanol–water partition coefficient (Wildman–Crippen LogP) is 4.33. The topological polar surface area (TPSA) is 46.2 Å². The van der Waals surface area contributed by atoms with E-state index in [4.69, 9.17) is 0 Å². The molecule has 0 atom stereocenters. The van der Waals surface area contributed by atoms with Gasteiger partial charge in [0.25, 0.3) is 0 Å². The third kappa shape index (κ3) is 4.96. The molecule has 0 unspecified atom stereocenters. The SMILES string of the molecule is CC(C)(C)/C=C(\c1ccccc1)S(=O)(=O)NC1CCCCC1. The first-order valence-electron chi connectivity index (χ1n) is 8.08.